The Hall–Kier alpha value is -2.19. The molecule has 3 N–H and O–H groups in total. The highest BCUT2D eigenvalue weighted by atomic mass is 32.1. The van der Waals surface area contributed by atoms with Crippen molar-refractivity contribution >= 4 is 22.5 Å². The van der Waals surface area contributed by atoms with Crippen LogP contribution in [0.4, 0.5) is 9.93 Å². The van der Waals surface area contributed by atoms with Crippen molar-refractivity contribution in [3.63, 3.8) is 0 Å². The lowest BCUT2D eigenvalue weighted by molar-refractivity contribution is 0.175. The molecule has 0 fully saturated rings. The standard InChI is InChI=1S/C15H20N4O3S/c1-3-4-13-18-19-15(23-13)17-14(21)16-9-12(20)10-5-7-11(22-2)8-6-10/h5-8,12,20H,3-4,9H2,1-2H3,(H2,16,17,19,21). The van der Waals surface area contributed by atoms with E-state index in [0.717, 1.165) is 17.8 Å². The van der Waals surface area contributed by atoms with Crippen LogP contribution in [0.3, 0.4) is 0 Å². The third-order valence-corrected chi connectivity index (χ3v) is 4.01. The van der Waals surface area contributed by atoms with Gasteiger partial charge in [0.1, 0.15) is 10.8 Å². The number of benzene rings is 1. The third kappa shape index (κ3) is 5.19. The Morgan fingerprint density at radius 3 is 2.74 bits per heavy atom. The van der Waals surface area contributed by atoms with Crippen molar-refractivity contribution in [2.45, 2.75) is 25.9 Å². The summed E-state index contributed by atoms with van der Waals surface area (Å²) in [4.78, 5) is 11.8. The minimum absolute atomic E-state index is 0.0960. The number of carbonyl (C=O) groups is 1. The van der Waals surface area contributed by atoms with Crippen LogP contribution in [0.1, 0.15) is 30.0 Å². The monoisotopic (exact) mass is 336 g/mol. The number of nitrogens with one attached hydrogen (secondary N) is 2. The molecule has 1 atom stereocenters. The second-order valence-corrected chi connectivity index (χ2v) is 5.94. The van der Waals surface area contributed by atoms with Gasteiger partial charge in [-0.3, -0.25) is 5.32 Å². The molecule has 2 amide bonds. The number of aromatic nitrogens is 2. The van der Waals surface area contributed by atoms with Crippen molar-refractivity contribution in [1.82, 2.24) is 15.5 Å². The number of hydrogen-bond donors (Lipinski definition) is 3. The molecule has 23 heavy (non-hydrogen) atoms. The van der Waals surface area contributed by atoms with E-state index in [0.29, 0.717) is 16.4 Å². The molecule has 1 heterocycles. The average Bonchev–Trinajstić information content (AvgIpc) is 3.00. The van der Waals surface area contributed by atoms with Gasteiger partial charge in [-0.2, -0.15) is 0 Å². The topological polar surface area (TPSA) is 96.4 Å². The molecule has 0 saturated heterocycles. The molecule has 2 rings (SSSR count). The van der Waals surface area contributed by atoms with E-state index in [4.69, 9.17) is 4.74 Å². The minimum atomic E-state index is -0.795. The maximum atomic E-state index is 11.8. The summed E-state index contributed by atoms with van der Waals surface area (Å²) in [5.41, 5.74) is 0.701. The summed E-state index contributed by atoms with van der Waals surface area (Å²) in [6.45, 7) is 2.15. The number of aryl methyl sites for hydroxylation is 1. The van der Waals surface area contributed by atoms with Gasteiger partial charge in [0.2, 0.25) is 5.13 Å². The Balaban J connectivity index is 1.80. The van der Waals surface area contributed by atoms with Crippen molar-refractivity contribution < 1.29 is 14.6 Å². The maximum Gasteiger partial charge on any atom is 0.321 e. The van der Waals surface area contributed by atoms with Crippen molar-refractivity contribution in [2.75, 3.05) is 19.0 Å². The lowest BCUT2D eigenvalue weighted by atomic mass is 10.1. The van der Waals surface area contributed by atoms with E-state index in [1.54, 1.807) is 31.4 Å². The zero-order valence-corrected chi connectivity index (χ0v) is 13.9. The number of aliphatic hydroxyl groups excluding tert-OH is 1. The molecule has 8 heteroatoms. The van der Waals surface area contributed by atoms with E-state index in [1.807, 2.05) is 0 Å². The van der Waals surface area contributed by atoms with Gasteiger partial charge < -0.3 is 15.2 Å². The van der Waals surface area contributed by atoms with Gasteiger partial charge >= 0.3 is 6.03 Å². The molecule has 0 aliphatic carbocycles. The highest BCUT2D eigenvalue weighted by Gasteiger charge is 2.11. The number of carbonyl (C=O) groups excluding carboxylic acids is 1. The lowest BCUT2D eigenvalue weighted by Crippen LogP contribution is -2.32. The third-order valence-electron chi connectivity index (χ3n) is 3.11. The van der Waals surface area contributed by atoms with Gasteiger partial charge in [0.15, 0.2) is 0 Å². The van der Waals surface area contributed by atoms with Crippen LogP contribution < -0.4 is 15.4 Å². The Morgan fingerprint density at radius 1 is 1.35 bits per heavy atom. The predicted octanol–water partition coefficient (Wildman–Crippen LogP) is 2.35. The second kappa shape index (κ2) is 8.44. The van der Waals surface area contributed by atoms with Crippen molar-refractivity contribution in [2.24, 2.45) is 0 Å². The van der Waals surface area contributed by atoms with Gasteiger partial charge in [-0.25, -0.2) is 4.79 Å². The fourth-order valence-corrected chi connectivity index (χ4v) is 2.73. The zero-order valence-electron chi connectivity index (χ0n) is 13.1. The number of anilines is 1. The summed E-state index contributed by atoms with van der Waals surface area (Å²) in [7, 11) is 1.58. The molecule has 1 aromatic heterocycles. The summed E-state index contributed by atoms with van der Waals surface area (Å²) in [6, 6.07) is 6.61. The van der Waals surface area contributed by atoms with Gasteiger partial charge in [-0.15, -0.1) is 10.2 Å². The number of nitrogens with zero attached hydrogens (tertiary/aromatic N) is 2. The summed E-state index contributed by atoms with van der Waals surface area (Å²) >= 11 is 1.35. The average molecular weight is 336 g/mol. The number of methoxy groups -OCH3 is 1. The molecule has 0 aliphatic rings. The number of amides is 2. The molecule has 7 nitrogen and oxygen atoms in total. The van der Waals surface area contributed by atoms with Crippen LogP contribution in [0, 0.1) is 0 Å². The molecule has 0 bridgehead atoms. The molecule has 0 radical (unpaired) electrons. The lowest BCUT2D eigenvalue weighted by Gasteiger charge is -2.12. The zero-order chi connectivity index (χ0) is 16.7. The molecular weight excluding hydrogens is 316 g/mol. The van der Waals surface area contributed by atoms with Crippen LogP contribution in [0.2, 0.25) is 0 Å². The van der Waals surface area contributed by atoms with E-state index >= 15 is 0 Å². The van der Waals surface area contributed by atoms with Crippen molar-refractivity contribution in [3.05, 3.63) is 34.8 Å². The Morgan fingerprint density at radius 2 is 2.09 bits per heavy atom. The van der Waals surface area contributed by atoms with Gasteiger partial charge in [0, 0.05) is 13.0 Å². The number of rotatable bonds is 7. The first-order chi connectivity index (χ1) is 11.1. The quantitative estimate of drug-likeness (QED) is 0.721. The van der Waals surface area contributed by atoms with E-state index in [-0.39, 0.29) is 6.54 Å². The van der Waals surface area contributed by atoms with Crippen LogP contribution in [0.5, 0.6) is 5.75 Å². The highest BCUT2D eigenvalue weighted by Crippen LogP contribution is 2.18. The second-order valence-electron chi connectivity index (χ2n) is 4.87. The molecule has 0 aliphatic heterocycles. The molecule has 0 spiro atoms. The van der Waals surface area contributed by atoms with E-state index < -0.39 is 12.1 Å². The largest absolute Gasteiger partial charge is 0.497 e. The normalized spacial score (nSPS) is 11.8. The molecule has 0 saturated carbocycles. The highest BCUT2D eigenvalue weighted by molar-refractivity contribution is 7.15. The van der Waals surface area contributed by atoms with Crippen molar-refractivity contribution in [1.29, 1.82) is 0 Å². The fourth-order valence-electron chi connectivity index (χ4n) is 1.89. The van der Waals surface area contributed by atoms with Crippen LogP contribution in [0.25, 0.3) is 0 Å². The summed E-state index contributed by atoms with van der Waals surface area (Å²) in [5, 5.41) is 24.5. The minimum Gasteiger partial charge on any atom is -0.497 e. The van der Waals surface area contributed by atoms with Crippen LogP contribution >= 0.6 is 11.3 Å². The SMILES string of the molecule is CCCc1nnc(NC(=O)NCC(O)c2ccc(OC)cc2)s1. The maximum absolute atomic E-state index is 11.8. The molecule has 1 unspecified atom stereocenters. The molecule has 124 valence electrons. The van der Waals surface area contributed by atoms with Crippen LogP contribution in [-0.2, 0) is 6.42 Å². The van der Waals surface area contributed by atoms with Crippen LogP contribution in [0.15, 0.2) is 24.3 Å². The Kier molecular flexibility index (Phi) is 6.30. The number of ether oxygens (including phenoxy) is 1. The molecule has 2 aromatic rings. The Bertz CT molecular complexity index is 630. The van der Waals surface area contributed by atoms with Gasteiger partial charge in [0.05, 0.1) is 13.2 Å². The molecular formula is C15H20N4O3S. The smallest absolute Gasteiger partial charge is 0.321 e. The van der Waals surface area contributed by atoms with Gasteiger partial charge in [-0.05, 0) is 24.1 Å². The summed E-state index contributed by atoms with van der Waals surface area (Å²) in [5.74, 6) is 0.714. The molecule has 1 aromatic carbocycles. The van der Waals surface area contributed by atoms with E-state index in [1.165, 1.54) is 11.3 Å². The predicted molar refractivity (Wildman–Crippen MR) is 88.9 cm³/mol. The van der Waals surface area contributed by atoms with Crippen molar-refractivity contribution in [3.8, 4) is 5.75 Å². The number of urea groups is 1. The fraction of sp³-hybridized carbons (Fsp3) is 0.400. The van der Waals surface area contributed by atoms with E-state index in [9.17, 15) is 9.90 Å². The first-order valence-corrected chi connectivity index (χ1v) is 8.13. The Labute approximate surface area is 138 Å². The number of hydrogen-bond acceptors (Lipinski definition) is 6. The first-order valence-electron chi connectivity index (χ1n) is 7.31. The number of aliphatic hydroxyl groups is 1. The summed E-state index contributed by atoms with van der Waals surface area (Å²) in [6.07, 6.45) is 1.03. The van der Waals surface area contributed by atoms with Crippen LogP contribution in [-0.4, -0.2) is 35.0 Å². The van der Waals surface area contributed by atoms with Gasteiger partial charge in [0.25, 0.3) is 0 Å². The van der Waals surface area contributed by atoms with E-state index in [2.05, 4.69) is 27.8 Å². The first kappa shape index (κ1) is 17.2. The summed E-state index contributed by atoms with van der Waals surface area (Å²) < 4.78 is 5.06. The van der Waals surface area contributed by atoms with Gasteiger partial charge in [-0.1, -0.05) is 30.4 Å².